The first-order valence-corrected chi connectivity index (χ1v) is 11.2. The fourth-order valence-electron chi connectivity index (χ4n) is 3.63. The van der Waals surface area contributed by atoms with Crippen molar-refractivity contribution in [2.24, 2.45) is 0 Å². The molecule has 1 saturated heterocycles. The smallest absolute Gasteiger partial charge is 0.231 e. The van der Waals surface area contributed by atoms with E-state index in [4.69, 9.17) is 4.74 Å². The number of hydrogen-bond acceptors (Lipinski definition) is 4. The van der Waals surface area contributed by atoms with E-state index in [0.717, 1.165) is 17.4 Å². The van der Waals surface area contributed by atoms with E-state index >= 15 is 0 Å². The number of carbonyl (C=O) groups excluding carboxylic acids is 1. The molecule has 28 heavy (non-hydrogen) atoms. The fraction of sp³-hybridized carbons (Fsp3) is 0.381. The molecule has 0 aliphatic carbocycles. The molecule has 3 rings (SSSR count). The minimum Gasteiger partial charge on any atom is -0.381 e. The molecular weight excluding hydrogens is 376 g/mol. The first-order chi connectivity index (χ1) is 13.3. The van der Waals surface area contributed by atoms with Crippen molar-refractivity contribution in [3.63, 3.8) is 0 Å². The summed E-state index contributed by atoms with van der Waals surface area (Å²) in [6.45, 7) is 2.99. The number of ether oxygens (including phenoxy) is 1. The van der Waals surface area contributed by atoms with Crippen LogP contribution < -0.4 is 10.0 Å². The van der Waals surface area contributed by atoms with Gasteiger partial charge in [-0.05, 0) is 43.0 Å². The molecule has 1 atom stereocenters. The molecule has 2 N–H and O–H groups in total. The van der Waals surface area contributed by atoms with Crippen molar-refractivity contribution in [2.45, 2.75) is 31.2 Å². The minimum atomic E-state index is -3.36. The van der Waals surface area contributed by atoms with Gasteiger partial charge in [0.25, 0.3) is 0 Å². The lowest BCUT2D eigenvalue weighted by Crippen LogP contribution is -2.48. The van der Waals surface area contributed by atoms with Crippen LogP contribution in [0.2, 0.25) is 0 Å². The number of nitrogens with one attached hydrogen (secondary N) is 2. The zero-order valence-corrected chi connectivity index (χ0v) is 17.0. The molecule has 0 bridgehead atoms. The number of hydrogen-bond donors (Lipinski definition) is 2. The SMILES string of the molecule is CC(NC(=O)C1(c2ccccc2)CCOCC1)c1cccc(NS(C)(=O)=O)c1. The van der Waals surface area contributed by atoms with Gasteiger partial charge in [-0.3, -0.25) is 9.52 Å². The molecule has 2 aromatic carbocycles. The summed E-state index contributed by atoms with van der Waals surface area (Å²) in [6, 6.07) is 16.6. The summed E-state index contributed by atoms with van der Waals surface area (Å²) in [4.78, 5) is 13.3. The van der Waals surface area contributed by atoms with Crippen LogP contribution in [0.25, 0.3) is 0 Å². The van der Waals surface area contributed by atoms with Crippen LogP contribution in [0.1, 0.15) is 36.9 Å². The number of benzene rings is 2. The molecule has 7 heteroatoms. The Balaban J connectivity index is 1.81. The highest BCUT2D eigenvalue weighted by molar-refractivity contribution is 7.92. The van der Waals surface area contributed by atoms with E-state index in [-0.39, 0.29) is 11.9 Å². The summed E-state index contributed by atoms with van der Waals surface area (Å²) in [5.41, 5.74) is 1.69. The predicted octanol–water partition coefficient (Wildman–Crippen LogP) is 2.98. The van der Waals surface area contributed by atoms with Crippen LogP contribution in [0.15, 0.2) is 54.6 Å². The molecule has 1 aliphatic rings. The van der Waals surface area contributed by atoms with E-state index in [9.17, 15) is 13.2 Å². The monoisotopic (exact) mass is 402 g/mol. The van der Waals surface area contributed by atoms with Crippen molar-refractivity contribution in [1.29, 1.82) is 0 Å². The lowest BCUT2D eigenvalue weighted by molar-refractivity contribution is -0.131. The highest BCUT2D eigenvalue weighted by atomic mass is 32.2. The first-order valence-electron chi connectivity index (χ1n) is 9.32. The Labute approximate surface area is 166 Å². The molecule has 150 valence electrons. The summed E-state index contributed by atoms with van der Waals surface area (Å²) in [5.74, 6) is -0.0315. The fourth-order valence-corrected chi connectivity index (χ4v) is 4.18. The summed E-state index contributed by atoms with van der Waals surface area (Å²) in [5, 5.41) is 3.12. The van der Waals surface area contributed by atoms with Gasteiger partial charge in [-0.2, -0.15) is 0 Å². The third kappa shape index (κ3) is 4.72. The highest BCUT2D eigenvalue weighted by Gasteiger charge is 2.42. The predicted molar refractivity (Wildman–Crippen MR) is 110 cm³/mol. The van der Waals surface area contributed by atoms with Crippen molar-refractivity contribution < 1.29 is 17.9 Å². The first kappa shape index (κ1) is 20.4. The van der Waals surface area contributed by atoms with E-state index < -0.39 is 15.4 Å². The molecule has 0 saturated carbocycles. The Morgan fingerprint density at radius 1 is 1.07 bits per heavy atom. The normalized spacial score (nSPS) is 17.5. The van der Waals surface area contributed by atoms with E-state index in [1.165, 1.54) is 0 Å². The maximum atomic E-state index is 13.3. The number of sulfonamides is 1. The summed E-state index contributed by atoms with van der Waals surface area (Å²) in [6.07, 6.45) is 2.37. The molecule has 0 radical (unpaired) electrons. The molecule has 1 amide bonds. The topological polar surface area (TPSA) is 84.5 Å². The second kappa shape index (κ2) is 8.32. The Morgan fingerprint density at radius 2 is 1.75 bits per heavy atom. The quantitative estimate of drug-likeness (QED) is 0.778. The van der Waals surface area contributed by atoms with E-state index in [0.29, 0.717) is 31.7 Å². The van der Waals surface area contributed by atoms with Crippen molar-refractivity contribution in [2.75, 3.05) is 24.2 Å². The molecule has 0 spiro atoms. The number of anilines is 1. The van der Waals surface area contributed by atoms with Gasteiger partial charge in [0.15, 0.2) is 0 Å². The van der Waals surface area contributed by atoms with Crippen LogP contribution in [0.4, 0.5) is 5.69 Å². The largest absolute Gasteiger partial charge is 0.381 e. The Morgan fingerprint density at radius 3 is 2.39 bits per heavy atom. The zero-order chi connectivity index (χ0) is 20.2. The molecule has 0 aromatic heterocycles. The van der Waals surface area contributed by atoms with Crippen LogP contribution in [-0.4, -0.2) is 33.8 Å². The van der Waals surface area contributed by atoms with E-state index in [2.05, 4.69) is 10.0 Å². The zero-order valence-electron chi connectivity index (χ0n) is 16.1. The van der Waals surface area contributed by atoms with Gasteiger partial charge >= 0.3 is 0 Å². The minimum absolute atomic E-state index is 0.0315. The van der Waals surface area contributed by atoms with Crippen LogP contribution in [-0.2, 0) is 25.0 Å². The molecule has 1 heterocycles. The molecule has 1 fully saturated rings. The summed E-state index contributed by atoms with van der Waals surface area (Å²) >= 11 is 0. The summed E-state index contributed by atoms with van der Waals surface area (Å²) < 4.78 is 30.9. The van der Waals surface area contributed by atoms with Crippen molar-refractivity contribution in [3.8, 4) is 0 Å². The van der Waals surface area contributed by atoms with Gasteiger partial charge < -0.3 is 10.1 Å². The Hall–Kier alpha value is -2.38. The van der Waals surface area contributed by atoms with Crippen molar-refractivity contribution in [1.82, 2.24) is 5.32 Å². The molecule has 1 aliphatic heterocycles. The number of carbonyl (C=O) groups is 1. The van der Waals surface area contributed by atoms with Crippen LogP contribution in [0, 0.1) is 0 Å². The van der Waals surface area contributed by atoms with Crippen molar-refractivity contribution >= 4 is 21.6 Å². The standard InChI is InChI=1S/C21H26N2O4S/c1-16(17-7-6-10-19(15-17)23-28(2,25)26)22-20(24)21(11-13-27-14-12-21)18-8-4-3-5-9-18/h3-10,15-16,23H,11-14H2,1-2H3,(H,22,24). The van der Waals surface area contributed by atoms with Crippen LogP contribution in [0.5, 0.6) is 0 Å². The second-order valence-electron chi connectivity index (χ2n) is 7.26. The van der Waals surface area contributed by atoms with Gasteiger partial charge in [-0.1, -0.05) is 42.5 Å². The lowest BCUT2D eigenvalue weighted by Gasteiger charge is -2.37. The highest BCUT2D eigenvalue weighted by Crippen LogP contribution is 2.36. The van der Waals surface area contributed by atoms with Crippen molar-refractivity contribution in [3.05, 3.63) is 65.7 Å². The van der Waals surface area contributed by atoms with Crippen LogP contribution >= 0.6 is 0 Å². The van der Waals surface area contributed by atoms with Gasteiger partial charge in [0, 0.05) is 18.9 Å². The average Bonchev–Trinajstić information content (AvgIpc) is 2.68. The summed E-state index contributed by atoms with van der Waals surface area (Å²) in [7, 11) is -3.36. The lowest BCUT2D eigenvalue weighted by atomic mass is 9.73. The van der Waals surface area contributed by atoms with Gasteiger partial charge in [0.05, 0.1) is 17.7 Å². The molecule has 1 unspecified atom stereocenters. The molecular formula is C21H26N2O4S. The molecule has 6 nitrogen and oxygen atoms in total. The molecule has 2 aromatic rings. The second-order valence-corrected chi connectivity index (χ2v) is 9.00. The van der Waals surface area contributed by atoms with E-state index in [1.54, 1.807) is 18.2 Å². The Bertz CT molecular complexity index is 922. The van der Waals surface area contributed by atoms with Gasteiger partial charge in [-0.15, -0.1) is 0 Å². The Kier molecular flexibility index (Phi) is 6.05. The van der Waals surface area contributed by atoms with Crippen LogP contribution in [0.3, 0.4) is 0 Å². The third-order valence-corrected chi connectivity index (χ3v) is 5.75. The van der Waals surface area contributed by atoms with Gasteiger partial charge in [0.2, 0.25) is 15.9 Å². The van der Waals surface area contributed by atoms with E-state index in [1.807, 2.05) is 43.3 Å². The van der Waals surface area contributed by atoms with Gasteiger partial charge in [-0.25, -0.2) is 8.42 Å². The maximum Gasteiger partial charge on any atom is 0.231 e. The number of rotatable bonds is 6. The third-order valence-electron chi connectivity index (χ3n) is 5.14. The maximum absolute atomic E-state index is 13.3. The average molecular weight is 403 g/mol. The van der Waals surface area contributed by atoms with Gasteiger partial charge in [0.1, 0.15) is 0 Å². The number of amides is 1.